The number of benzene rings is 1. The van der Waals surface area contributed by atoms with Gasteiger partial charge in [-0.1, -0.05) is 12.1 Å². The molecule has 1 amide bonds. The van der Waals surface area contributed by atoms with Crippen molar-refractivity contribution in [3.8, 4) is 5.75 Å². The second kappa shape index (κ2) is 5.51. The van der Waals surface area contributed by atoms with Gasteiger partial charge in [0.05, 0.1) is 7.11 Å². The monoisotopic (exact) mass is 307 g/mol. The molecule has 120 valence electrons. The summed E-state index contributed by atoms with van der Waals surface area (Å²) in [6.45, 7) is 5.19. The average molecular weight is 307 g/mol. The summed E-state index contributed by atoms with van der Waals surface area (Å²) >= 11 is 0. The number of rotatable bonds is 4. The maximum atomic E-state index is 11.9. The minimum absolute atomic E-state index is 0.299. The highest BCUT2D eigenvalue weighted by Crippen LogP contribution is 2.52. The topological polar surface area (TPSA) is 84.9 Å². The molecule has 22 heavy (non-hydrogen) atoms. The molecule has 1 aromatic rings. The molecule has 1 fully saturated rings. The lowest BCUT2D eigenvalue weighted by atomic mass is 10.1. The van der Waals surface area contributed by atoms with Crippen LogP contribution >= 0.6 is 0 Å². The molecule has 1 aromatic carbocycles. The molecule has 0 aliphatic heterocycles. The molecule has 0 spiro atoms. The van der Waals surface area contributed by atoms with Crippen LogP contribution in [0.15, 0.2) is 24.3 Å². The fraction of sp³-hybridized carbons (Fsp3) is 0.500. The first-order valence-electron chi connectivity index (χ1n) is 7.06. The van der Waals surface area contributed by atoms with Crippen molar-refractivity contribution in [2.45, 2.75) is 44.2 Å². The molecule has 2 atom stereocenters. The number of carboxylic acids is 1. The fourth-order valence-corrected chi connectivity index (χ4v) is 2.44. The molecule has 2 N–H and O–H groups in total. The average Bonchev–Trinajstić information content (AvgIpc) is 3.12. The Balaban J connectivity index is 2.16. The maximum Gasteiger partial charge on any atom is 0.408 e. The van der Waals surface area contributed by atoms with Gasteiger partial charge in [-0.25, -0.2) is 9.59 Å². The van der Waals surface area contributed by atoms with E-state index in [-0.39, 0.29) is 5.92 Å². The fourth-order valence-electron chi connectivity index (χ4n) is 2.44. The molecular formula is C16H21NO5. The number of carbonyl (C=O) groups is 2. The Morgan fingerprint density at radius 1 is 1.36 bits per heavy atom. The number of aliphatic carboxylic acids is 1. The van der Waals surface area contributed by atoms with Gasteiger partial charge in [0.15, 0.2) is 0 Å². The van der Waals surface area contributed by atoms with E-state index < -0.39 is 23.2 Å². The van der Waals surface area contributed by atoms with E-state index in [0.717, 1.165) is 5.56 Å². The van der Waals surface area contributed by atoms with E-state index >= 15 is 0 Å². The van der Waals surface area contributed by atoms with Crippen molar-refractivity contribution in [1.29, 1.82) is 0 Å². The predicted molar refractivity (Wildman–Crippen MR) is 80.1 cm³/mol. The maximum absolute atomic E-state index is 11.9. The number of hydrogen-bond acceptors (Lipinski definition) is 4. The molecule has 0 heterocycles. The Morgan fingerprint density at radius 2 is 2.05 bits per heavy atom. The van der Waals surface area contributed by atoms with Crippen molar-refractivity contribution in [2.24, 2.45) is 0 Å². The van der Waals surface area contributed by atoms with Crippen molar-refractivity contribution in [3.05, 3.63) is 29.8 Å². The Hall–Kier alpha value is -2.24. The molecule has 0 aromatic heterocycles. The number of amides is 1. The minimum Gasteiger partial charge on any atom is -0.497 e. The molecule has 0 saturated heterocycles. The Bertz CT molecular complexity index is 592. The summed E-state index contributed by atoms with van der Waals surface area (Å²) in [5.74, 6) is -0.709. The van der Waals surface area contributed by atoms with Crippen LogP contribution < -0.4 is 10.1 Å². The number of alkyl carbamates (subject to hydrolysis) is 1. The number of methoxy groups -OCH3 is 1. The van der Waals surface area contributed by atoms with Crippen molar-refractivity contribution in [3.63, 3.8) is 0 Å². The standard InChI is InChI=1S/C16H21NO5/c1-15(2,3)22-14(20)17-16(13(18)19)9-12(16)10-6-5-7-11(8-10)21-4/h5-8,12H,9H2,1-4H3,(H,17,20)(H,18,19). The number of ether oxygens (including phenoxy) is 2. The van der Waals surface area contributed by atoms with Gasteiger partial charge in [-0.3, -0.25) is 0 Å². The molecule has 2 unspecified atom stereocenters. The van der Waals surface area contributed by atoms with Crippen molar-refractivity contribution in [2.75, 3.05) is 7.11 Å². The van der Waals surface area contributed by atoms with Gasteiger partial charge in [-0.2, -0.15) is 0 Å². The first-order chi connectivity index (χ1) is 10.2. The second-order valence-electron chi connectivity index (χ2n) is 6.44. The molecule has 1 saturated carbocycles. The molecule has 1 aliphatic rings. The van der Waals surface area contributed by atoms with Crippen LogP contribution in [-0.2, 0) is 9.53 Å². The molecule has 0 radical (unpaired) electrons. The van der Waals surface area contributed by atoms with E-state index in [1.54, 1.807) is 46.1 Å². The zero-order valence-corrected chi connectivity index (χ0v) is 13.2. The number of hydrogen-bond donors (Lipinski definition) is 2. The van der Waals surface area contributed by atoms with Gasteiger partial charge >= 0.3 is 12.1 Å². The van der Waals surface area contributed by atoms with Gasteiger partial charge in [0, 0.05) is 5.92 Å². The van der Waals surface area contributed by atoms with Crippen LogP contribution in [0.3, 0.4) is 0 Å². The summed E-state index contributed by atoms with van der Waals surface area (Å²) in [6, 6.07) is 7.20. The number of carbonyl (C=O) groups excluding carboxylic acids is 1. The smallest absolute Gasteiger partial charge is 0.408 e. The van der Waals surface area contributed by atoms with Gasteiger partial charge in [0.1, 0.15) is 16.9 Å². The summed E-state index contributed by atoms with van der Waals surface area (Å²) in [6.07, 6.45) is -0.394. The Labute approximate surface area is 129 Å². The van der Waals surface area contributed by atoms with Crippen LogP contribution in [0.1, 0.15) is 38.7 Å². The summed E-state index contributed by atoms with van der Waals surface area (Å²) < 4.78 is 10.3. The third-order valence-corrected chi connectivity index (χ3v) is 3.56. The summed E-state index contributed by atoms with van der Waals surface area (Å²) in [7, 11) is 1.55. The SMILES string of the molecule is COc1cccc(C2CC2(NC(=O)OC(C)(C)C)C(=O)O)c1. The summed E-state index contributed by atoms with van der Waals surface area (Å²) in [4.78, 5) is 23.5. The normalized spacial score (nSPS) is 23.5. The van der Waals surface area contributed by atoms with E-state index in [9.17, 15) is 14.7 Å². The van der Waals surface area contributed by atoms with E-state index in [1.807, 2.05) is 6.07 Å². The molecule has 6 heteroatoms. The van der Waals surface area contributed by atoms with E-state index in [0.29, 0.717) is 12.2 Å². The van der Waals surface area contributed by atoms with Crippen LogP contribution in [0, 0.1) is 0 Å². The van der Waals surface area contributed by atoms with Gasteiger partial charge in [0.25, 0.3) is 0 Å². The van der Waals surface area contributed by atoms with Crippen LogP contribution in [0.2, 0.25) is 0 Å². The first kappa shape index (κ1) is 16.1. The molecule has 1 aliphatic carbocycles. The highest BCUT2D eigenvalue weighted by Gasteiger charge is 2.62. The van der Waals surface area contributed by atoms with Crippen LogP contribution in [-0.4, -0.2) is 35.4 Å². The predicted octanol–water partition coefficient (Wildman–Crippen LogP) is 2.53. The second-order valence-corrected chi connectivity index (χ2v) is 6.44. The molecule has 6 nitrogen and oxygen atoms in total. The highest BCUT2D eigenvalue weighted by molar-refractivity contribution is 5.90. The van der Waals surface area contributed by atoms with Crippen LogP contribution in [0.25, 0.3) is 0 Å². The third-order valence-electron chi connectivity index (χ3n) is 3.56. The van der Waals surface area contributed by atoms with E-state index in [4.69, 9.17) is 9.47 Å². The Kier molecular flexibility index (Phi) is 4.04. The van der Waals surface area contributed by atoms with Crippen LogP contribution in [0.4, 0.5) is 4.79 Å². The lowest BCUT2D eigenvalue weighted by Gasteiger charge is -2.22. The summed E-state index contributed by atoms with van der Waals surface area (Å²) in [5.41, 5.74) is -1.17. The van der Waals surface area contributed by atoms with Gasteiger partial charge < -0.3 is 19.9 Å². The number of nitrogens with one attached hydrogen (secondary N) is 1. The van der Waals surface area contributed by atoms with Gasteiger partial charge in [-0.05, 0) is 44.9 Å². The Morgan fingerprint density at radius 3 is 2.59 bits per heavy atom. The minimum atomic E-state index is -1.31. The lowest BCUT2D eigenvalue weighted by Crippen LogP contribution is -2.46. The van der Waals surface area contributed by atoms with Gasteiger partial charge in [-0.15, -0.1) is 0 Å². The number of carboxylic acid groups (broad SMARTS) is 1. The van der Waals surface area contributed by atoms with Crippen molar-refractivity contribution >= 4 is 12.1 Å². The van der Waals surface area contributed by atoms with Crippen molar-refractivity contribution < 1.29 is 24.2 Å². The first-order valence-corrected chi connectivity index (χ1v) is 7.06. The van der Waals surface area contributed by atoms with E-state index in [1.165, 1.54) is 0 Å². The van der Waals surface area contributed by atoms with Crippen LogP contribution in [0.5, 0.6) is 5.75 Å². The zero-order valence-electron chi connectivity index (χ0n) is 13.2. The van der Waals surface area contributed by atoms with E-state index in [2.05, 4.69) is 5.32 Å². The molecule has 2 rings (SSSR count). The van der Waals surface area contributed by atoms with Crippen molar-refractivity contribution in [1.82, 2.24) is 5.32 Å². The molecule has 0 bridgehead atoms. The quantitative estimate of drug-likeness (QED) is 0.893. The lowest BCUT2D eigenvalue weighted by molar-refractivity contribution is -0.140. The summed E-state index contributed by atoms with van der Waals surface area (Å²) in [5, 5.41) is 12.0. The third kappa shape index (κ3) is 3.32. The zero-order chi connectivity index (χ0) is 16.5. The molecular weight excluding hydrogens is 286 g/mol. The van der Waals surface area contributed by atoms with Gasteiger partial charge in [0.2, 0.25) is 0 Å². The highest BCUT2D eigenvalue weighted by atomic mass is 16.6. The largest absolute Gasteiger partial charge is 0.497 e.